The van der Waals surface area contributed by atoms with Crippen molar-refractivity contribution in [2.75, 3.05) is 0 Å². The van der Waals surface area contributed by atoms with Crippen molar-refractivity contribution >= 4 is 17.8 Å². The summed E-state index contributed by atoms with van der Waals surface area (Å²) < 4.78 is 0. The van der Waals surface area contributed by atoms with Gasteiger partial charge in [-0.2, -0.15) is 0 Å². The molecule has 0 saturated heterocycles. The summed E-state index contributed by atoms with van der Waals surface area (Å²) in [6, 6.07) is 0. The fraction of sp³-hybridized carbons (Fsp3) is 0.250. The number of hydrogen-bond acceptors (Lipinski definition) is 3. The number of nitrogens with two attached hydrogens (primary N) is 1. The molecule has 0 radical (unpaired) electrons. The molecule has 0 rings (SSSR count). The van der Waals surface area contributed by atoms with Gasteiger partial charge in [0.1, 0.15) is 0 Å². The standard InChI is InChI=1S/C2H5NO.C2H2O4.2H2O/c1-2(3)4;3-1(4)2(5)6;;/h1H3,(H2,3,4);(H,3,4)(H,5,6);2*1H2. The Morgan fingerprint density at radius 1 is 1.00 bits per heavy atom. The van der Waals surface area contributed by atoms with Crippen LogP contribution in [0.1, 0.15) is 6.92 Å². The van der Waals surface area contributed by atoms with E-state index in [4.69, 9.17) is 19.8 Å². The third kappa shape index (κ3) is 82.4. The van der Waals surface area contributed by atoms with Gasteiger partial charge in [0.05, 0.1) is 0 Å². The Bertz CT molecular complexity index is 137. The highest BCUT2D eigenvalue weighted by molar-refractivity contribution is 6.27. The molecule has 0 bridgehead atoms. The van der Waals surface area contributed by atoms with Gasteiger partial charge in [-0.25, -0.2) is 9.59 Å². The number of carboxylic acids is 2. The van der Waals surface area contributed by atoms with Gasteiger partial charge in [0.15, 0.2) is 0 Å². The molecule has 0 atom stereocenters. The van der Waals surface area contributed by atoms with E-state index in [-0.39, 0.29) is 16.9 Å². The average molecular weight is 185 g/mol. The second kappa shape index (κ2) is 12.0. The molecule has 0 aliphatic heterocycles. The Morgan fingerprint density at radius 2 is 1.08 bits per heavy atom. The molecule has 0 spiro atoms. The van der Waals surface area contributed by atoms with Gasteiger partial charge >= 0.3 is 11.9 Å². The molecule has 0 unspecified atom stereocenters. The van der Waals surface area contributed by atoms with Crippen molar-refractivity contribution in [1.29, 1.82) is 0 Å². The largest absolute Gasteiger partial charge is 0.473 e. The van der Waals surface area contributed by atoms with Crippen LogP contribution in [0.25, 0.3) is 0 Å². The number of amides is 1. The fourth-order valence-corrected chi connectivity index (χ4v) is 0. The first-order valence-electron chi connectivity index (χ1n) is 2.10. The molecule has 0 aliphatic carbocycles. The lowest BCUT2D eigenvalue weighted by atomic mass is 10.7. The van der Waals surface area contributed by atoms with Crippen LogP contribution in [-0.2, 0) is 14.4 Å². The lowest BCUT2D eigenvalue weighted by Gasteiger charge is -1.72. The summed E-state index contributed by atoms with van der Waals surface area (Å²) in [5.41, 5.74) is 4.47. The molecule has 8 N–H and O–H groups in total. The second-order valence-corrected chi connectivity index (χ2v) is 1.22. The van der Waals surface area contributed by atoms with Gasteiger partial charge in [-0.15, -0.1) is 0 Å². The number of aliphatic carboxylic acids is 2. The Kier molecular flexibility index (Phi) is 22.5. The third-order valence-electron chi connectivity index (χ3n) is 0.183. The van der Waals surface area contributed by atoms with Crippen molar-refractivity contribution in [3.8, 4) is 0 Å². The number of carboxylic acid groups (broad SMARTS) is 2. The second-order valence-electron chi connectivity index (χ2n) is 1.22. The topological polar surface area (TPSA) is 181 Å². The Labute approximate surface area is 67.2 Å². The number of primary amides is 1. The monoisotopic (exact) mass is 185 g/mol. The first-order valence-corrected chi connectivity index (χ1v) is 2.10. The van der Waals surface area contributed by atoms with Crippen LogP contribution in [0.5, 0.6) is 0 Å². The zero-order valence-electron chi connectivity index (χ0n) is 6.20. The van der Waals surface area contributed by atoms with E-state index in [2.05, 4.69) is 5.73 Å². The first kappa shape index (κ1) is 22.4. The zero-order valence-corrected chi connectivity index (χ0v) is 6.20. The van der Waals surface area contributed by atoms with Crippen LogP contribution in [0, 0.1) is 0 Å². The maximum Gasteiger partial charge on any atom is 0.414 e. The molecule has 0 aromatic heterocycles. The molecular weight excluding hydrogens is 174 g/mol. The third-order valence-corrected chi connectivity index (χ3v) is 0.183. The molecule has 8 nitrogen and oxygen atoms in total. The summed E-state index contributed by atoms with van der Waals surface area (Å²) in [4.78, 5) is 27.4. The van der Waals surface area contributed by atoms with Crippen molar-refractivity contribution in [2.24, 2.45) is 5.73 Å². The van der Waals surface area contributed by atoms with Crippen LogP contribution >= 0.6 is 0 Å². The predicted octanol–water partition coefficient (Wildman–Crippen LogP) is -3.00. The fourth-order valence-electron chi connectivity index (χ4n) is 0. The van der Waals surface area contributed by atoms with E-state index < -0.39 is 11.9 Å². The molecule has 0 aromatic carbocycles. The molecule has 74 valence electrons. The highest BCUT2D eigenvalue weighted by atomic mass is 16.4. The molecule has 8 heteroatoms. The molecule has 0 heterocycles. The summed E-state index contributed by atoms with van der Waals surface area (Å²) in [5.74, 6) is -3.98. The molecular formula is C4H11NO7. The quantitative estimate of drug-likeness (QED) is 0.339. The molecule has 0 fully saturated rings. The minimum absolute atomic E-state index is 0. The average Bonchev–Trinajstić information content (AvgIpc) is 1.63. The van der Waals surface area contributed by atoms with Crippen LogP contribution in [0.2, 0.25) is 0 Å². The predicted molar refractivity (Wildman–Crippen MR) is 37.4 cm³/mol. The first-order chi connectivity index (χ1) is 4.37. The van der Waals surface area contributed by atoms with Crippen LogP contribution < -0.4 is 5.73 Å². The van der Waals surface area contributed by atoms with E-state index in [0.29, 0.717) is 0 Å². The highest BCUT2D eigenvalue weighted by Gasteiger charge is 2.04. The van der Waals surface area contributed by atoms with E-state index in [9.17, 15) is 4.79 Å². The normalized spacial score (nSPS) is 5.75. The maximum atomic E-state index is 9.22. The van der Waals surface area contributed by atoms with Gasteiger partial charge in [-0.1, -0.05) is 0 Å². The van der Waals surface area contributed by atoms with Crippen LogP contribution in [0.3, 0.4) is 0 Å². The summed E-state index contributed by atoms with van der Waals surface area (Å²) in [7, 11) is 0. The molecule has 12 heavy (non-hydrogen) atoms. The number of hydrogen-bond donors (Lipinski definition) is 3. The zero-order chi connectivity index (χ0) is 8.73. The van der Waals surface area contributed by atoms with Crippen molar-refractivity contribution in [3.63, 3.8) is 0 Å². The van der Waals surface area contributed by atoms with E-state index in [0.717, 1.165) is 0 Å². The van der Waals surface area contributed by atoms with Gasteiger partial charge in [-0.3, -0.25) is 4.79 Å². The number of rotatable bonds is 0. The van der Waals surface area contributed by atoms with Crippen LogP contribution in [0.15, 0.2) is 0 Å². The number of carbonyl (C=O) groups is 3. The van der Waals surface area contributed by atoms with Crippen LogP contribution in [0.4, 0.5) is 0 Å². The van der Waals surface area contributed by atoms with Gasteiger partial charge < -0.3 is 26.9 Å². The molecule has 1 amide bonds. The Morgan fingerprint density at radius 3 is 1.08 bits per heavy atom. The smallest absolute Gasteiger partial charge is 0.414 e. The van der Waals surface area contributed by atoms with Crippen molar-refractivity contribution in [1.82, 2.24) is 0 Å². The lowest BCUT2D eigenvalue weighted by Crippen LogP contribution is -2.09. The van der Waals surface area contributed by atoms with Gasteiger partial charge in [0.2, 0.25) is 5.91 Å². The van der Waals surface area contributed by atoms with E-state index >= 15 is 0 Å². The van der Waals surface area contributed by atoms with E-state index in [1.165, 1.54) is 6.92 Å². The lowest BCUT2D eigenvalue weighted by molar-refractivity contribution is -0.159. The molecule has 0 aromatic rings. The van der Waals surface area contributed by atoms with Crippen molar-refractivity contribution < 1.29 is 35.5 Å². The maximum absolute atomic E-state index is 9.22. The van der Waals surface area contributed by atoms with E-state index in [1.54, 1.807) is 0 Å². The van der Waals surface area contributed by atoms with Crippen molar-refractivity contribution in [3.05, 3.63) is 0 Å². The minimum atomic E-state index is -1.82. The Hall–Kier alpha value is -1.67. The summed E-state index contributed by atoms with van der Waals surface area (Å²) in [5, 5.41) is 14.8. The minimum Gasteiger partial charge on any atom is -0.473 e. The summed E-state index contributed by atoms with van der Waals surface area (Å²) in [6.07, 6.45) is 0. The van der Waals surface area contributed by atoms with Gasteiger partial charge in [-0.05, 0) is 0 Å². The highest BCUT2D eigenvalue weighted by Crippen LogP contribution is 1.56. The summed E-state index contributed by atoms with van der Waals surface area (Å²) >= 11 is 0. The van der Waals surface area contributed by atoms with Crippen LogP contribution in [-0.4, -0.2) is 39.0 Å². The SMILES string of the molecule is CC(N)=O.O.O.O=C(O)C(=O)O. The molecule has 0 saturated carbocycles. The van der Waals surface area contributed by atoms with Crippen molar-refractivity contribution in [2.45, 2.75) is 6.92 Å². The van der Waals surface area contributed by atoms with Gasteiger partial charge in [0.25, 0.3) is 0 Å². The van der Waals surface area contributed by atoms with E-state index in [1.807, 2.05) is 0 Å². The Balaban J connectivity index is -0.0000000483. The number of carbonyl (C=O) groups excluding carboxylic acids is 1. The van der Waals surface area contributed by atoms with Gasteiger partial charge in [0, 0.05) is 6.92 Å². The summed E-state index contributed by atoms with van der Waals surface area (Å²) in [6.45, 7) is 1.31. The molecule has 0 aliphatic rings.